The molecule has 0 atom stereocenters. The van der Waals surface area contributed by atoms with Crippen molar-refractivity contribution in [1.82, 2.24) is 0 Å². The van der Waals surface area contributed by atoms with Crippen LogP contribution in [0, 0.1) is 0 Å². The highest BCUT2D eigenvalue weighted by Crippen LogP contribution is 2.24. The minimum Gasteiger partial charge on any atom is -0.508 e. The van der Waals surface area contributed by atoms with Crippen LogP contribution in [0.5, 0.6) is 11.5 Å². The fourth-order valence-electron chi connectivity index (χ4n) is 1.68. The summed E-state index contributed by atoms with van der Waals surface area (Å²) >= 11 is 0. The zero-order chi connectivity index (χ0) is 13.7. The first-order valence-electron chi connectivity index (χ1n) is 6.33. The molecule has 0 amide bonds. The standard InChI is InChI=1S/C17H18O2/c1-3-13(2)12-19-17-10-6-15(7-11-17)14-4-8-16(18)9-5-14/h3-11,18H,12H2,1-2H3/b13-3-. The molecule has 0 saturated carbocycles. The van der Waals surface area contributed by atoms with Crippen LogP contribution in [0.3, 0.4) is 0 Å². The monoisotopic (exact) mass is 254 g/mol. The van der Waals surface area contributed by atoms with Gasteiger partial charge in [0.2, 0.25) is 0 Å². The normalized spacial score (nSPS) is 11.4. The molecule has 2 aromatic rings. The number of rotatable bonds is 4. The van der Waals surface area contributed by atoms with Crippen LogP contribution in [-0.2, 0) is 0 Å². The Morgan fingerprint density at radius 3 is 2.05 bits per heavy atom. The van der Waals surface area contributed by atoms with Crippen LogP contribution in [0.1, 0.15) is 13.8 Å². The number of allylic oxidation sites excluding steroid dienone is 1. The van der Waals surface area contributed by atoms with E-state index in [1.165, 1.54) is 5.57 Å². The molecule has 0 radical (unpaired) electrons. The van der Waals surface area contributed by atoms with Gasteiger partial charge in [0, 0.05) is 0 Å². The van der Waals surface area contributed by atoms with Gasteiger partial charge >= 0.3 is 0 Å². The molecular weight excluding hydrogens is 236 g/mol. The van der Waals surface area contributed by atoms with Crippen molar-refractivity contribution >= 4 is 0 Å². The van der Waals surface area contributed by atoms with E-state index in [9.17, 15) is 5.11 Å². The van der Waals surface area contributed by atoms with Crippen molar-refractivity contribution in [3.05, 3.63) is 60.2 Å². The van der Waals surface area contributed by atoms with Crippen LogP contribution in [-0.4, -0.2) is 11.7 Å². The van der Waals surface area contributed by atoms with Crippen LogP contribution in [0.4, 0.5) is 0 Å². The SMILES string of the molecule is C/C=C(/C)COc1ccc(-c2ccc(O)cc2)cc1. The second-order valence-corrected chi connectivity index (χ2v) is 4.49. The maximum Gasteiger partial charge on any atom is 0.119 e. The van der Waals surface area contributed by atoms with Gasteiger partial charge in [-0.15, -0.1) is 0 Å². The summed E-state index contributed by atoms with van der Waals surface area (Å²) in [6.07, 6.45) is 2.05. The van der Waals surface area contributed by atoms with Crippen LogP contribution in [0.15, 0.2) is 60.2 Å². The number of hydrogen-bond acceptors (Lipinski definition) is 2. The van der Waals surface area contributed by atoms with Gasteiger partial charge in [0.15, 0.2) is 0 Å². The molecule has 2 heteroatoms. The number of phenols is 1. The van der Waals surface area contributed by atoms with E-state index >= 15 is 0 Å². The molecule has 0 spiro atoms. The summed E-state index contributed by atoms with van der Waals surface area (Å²) in [5.74, 6) is 1.15. The van der Waals surface area contributed by atoms with Crippen molar-refractivity contribution in [2.24, 2.45) is 0 Å². The molecule has 0 saturated heterocycles. The molecule has 2 aromatic carbocycles. The summed E-state index contributed by atoms with van der Waals surface area (Å²) in [6.45, 7) is 4.67. The summed E-state index contributed by atoms with van der Waals surface area (Å²) in [5, 5.41) is 9.27. The number of aromatic hydroxyl groups is 1. The van der Waals surface area contributed by atoms with E-state index in [0.717, 1.165) is 16.9 Å². The van der Waals surface area contributed by atoms with Gasteiger partial charge in [-0.1, -0.05) is 30.3 Å². The lowest BCUT2D eigenvalue weighted by Crippen LogP contribution is -1.97. The van der Waals surface area contributed by atoms with Crippen LogP contribution in [0.2, 0.25) is 0 Å². The summed E-state index contributed by atoms with van der Waals surface area (Å²) in [5.41, 5.74) is 3.40. The Kier molecular flexibility index (Phi) is 4.24. The molecule has 0 aliphatic rings. The van der Waals surface area contributed by atoms with Gasteiger partial charge in [-0.05, 0) is 54.8 Å². The van der Waals surface area contributed by atoms with E-state index < -0.39 is 0 Å². The molecule has 0 aliphatic carbocycles. The molecule has 2 nitrogen and oxygen atoms in total. The van der Waals surface area contributed by atoms with Crippen LogP contribution < -0.4 is 4.74 Å². The number of ether oxygens (including phenoxy) is 1. The van der Waals surface area contributed by atoms with E-state index in [2.05, 4.69) is 0 Å². The van der Waals surface area contributed by atoms with E-state index in [1.807, 2.05) is 56.3 Å². The molecule has 0 bridgehead atoms. The molecule has 0 fully saturated rings. The molecule has 98 valence electrons. The number of benzene rings is 2. The van der Waals surface area contributed by atoms with Crippen LogP contribution in [0.25, 0.3) is 11.1 Å². The van der Waals surface area contributed by atoms with Gasteiger partial charge in [0.25, 0.3) is 0 Å². The van der Waals surface area contributed by atoms with E-state index in [4.69, 9.17) is 4.74 Å². The molecule has 0 aromatic heterocycles. The zero-order valence-corrected chi connectivity index (χ0v) is 11.3. The average Bonchev–Trinajstić information content (AvgIpc) is 2.46. The first-order valence-corrected chi connectivity index (χ1v) is 6.33. The minimum absolute atomic E-state index is 0.283. The molecule has 0 aliphatic heterocycles. The van der Waals surface area contributed by atoms with Crippen LogP contribution >= 0.6 is 0 Å². The van der Waals surface area contributed by atoms with Crippen molar-refractivity contribution in [2.75, 3.05) is 6.61 Å². The van der Waals surface area contributed by atoms with Gasteiger partial charge < -0.3 is 9.84 Å². The lowest BCUT2D eigenvalue weighted by Gasteiger charge is -2.07. The highest BCUT2D eigenvalue weighted by Gasteiger charge is 1.99. The largest absolute Gasteiger partial charge is 0.508 e. The van der Waals surface area contributed by atoms with Gasteiger partial charge in [0.1, 0.15) is 18.1 Å². The summed E-state index contributed by atoms with van der Waals surface area (Å²) in [6, 6.07) is 15.1. The fourth-order valence-corrected chi connectivity index (χ4v) is 1.68. The molecule has 2 rings (SSSR count). The van der Waals surface area contributed by atoms with E-state index in [0.29, 0.717) is 6.61 Å². The van der Waals surface area contributed by atoms with Crippen molar-refractivity contribution < 1.29 is 9.84 Å². The van der Waals surface area contributed by atoms with Gasteiger partial charge in [-0.3, -0.25) is 0 Å². The maximum absolute atomic E-state index is 9.27. The lowest BCUT2D eigenvalue weighted by molar-refractivity contribution is 0.352. The smallest absolute Gasteiger partial charge is 0.119 e. The predicted octanol–water partition coefficient (Wildman–Crippen LogP) is 4.40. The summed E-state index contributed by atoms with van der Waals surface area (Å²) in [4.78, 5) is 0. The Labute approximate surface area is 114 Å². The Hall–Kier alpha value is -2.22. The Balaban J connectivity index is 2.08. The van der Waals surface area contributed by atoms with Crippen molar-refractivity contribution in [2.45, 2.75) is 13.8 Å². The maximum atomic E-state index is 9.27. The average molecular weight is 254 g/mol. The second kappa shape index (κ2) is 6.10. The first-order chi connectivity index (χ1) is 9.19. The van der Waals surface area contributed by atoms with Gasteiger partial charge in [-0.25, -0.2) is 0 Å². The molecule has 19 heavy (non-hydrogen) atoms. The van der Waals surface area contributed by atoms with E-state index in [-0.39, 0.29) is 5.75 Å². The molecule has 1 N–H and O–H groups in total. The minimum atomic E-state index is 0.283. The van der Waals surface area contributed by atoms with Gasteiger partial charge in [-0.2, -0.15) is 0 Å². The highest BCUT2D eigenvalue weighted by atomic mass is 16.5. The quantitative estimate of drug-likeness (QED) is 0.819. The molecule has 0 heterocycles. The highest BCUT2D eigenvalue weighted by molar-refractivity contribution is 5.64. The van der Waals surface area contributed by atoms with Crippen molar-refractivity contribution in [1.29, 1.82) is 0 Å². The summed E-state index contributed by atoms with van der Waals surface area (Å²) in [7, 11) is 0. The fraction of sp³-hybridized carbons (Fsp3) is 0.176. The molecular formula is C17H18O2. The predicted molar refractivity (Wildman–Crippen MR) is 78.5 cm³/mol. The summed E-state index contributed by atoms with van der Waals surface area (Å²) < 4.78 is 5.66. The first kappa shape index (κ1) is 13.2. The Morgan fingerprint density at radius 2 is 1.53 bits per heavy atom. The van der Waals surface area contributed by atoms with Crippen molar-refractivity contribution in [3.8, 4) is 22.6 Å². The third kappa shape index (κ3) is 3.62. The van der Waals surface area contributed by atoms with E-state index in [1.54, 1.807) is 12.1 Å². The van der Waals surface area contributed by atoms with Crippen molar-refractivity contribution in [3.63, 3.8) is 0 Å². The second-order valence-electron chi connectivity index (χ2n) is 4.49. The third-order valence-electron chi connectivity index (χ3n) is 3.01. The zero-order valence-electron chi connectivity index (χ0n) is 11.3. The topological polar surface area (TPSA) is 29.5 Å². The Bertz CT molecular complexity index is 551. The third-order valence-corrected chi connectivity index (χ3v) is 3.01. The number of hydrogen-bond donors (Lipinski definition) is 1. The lowest BCUT2D eigenvalue weighted by atomic mass is 10.1. The molecule has 0 unspecified atom stereocenters. The van der Waals surface area contributed by atoms with Gasteiger partial charge in [0.05, 0.1) is 0 Å². The Morgan fingerprint density at radius 1 is 1.00 bits per heavy atom. The number of phenolic OH excluding ortho intramolecular Hbond substituents is 1.